The van der Waals surface area contributed by atoms with Crippen molar-refractivity contribution in [1.29, 1.82) is 0 Å². The number of carbonyl (C=O) groups excluding carboxylic acids is 1. The van der Waals surface area contributed by atoms with Crippen LogP contribution in [-0.2, 0) is 24.9 Å². The Balaban J connectivity index is 0.000000303. The molecule has 0 unspecified atom stereocenters. The van der Waals surface area contributed by atoms with Crippen molar-refractivity contribution in [3.8, 4) is 22.4 Å². The SMILES string of the molecule is CC(=O)/C=C(/C)O.C[Si]1(C)c2cc[c-]c3c2-c2c(cccc21)[Se]c1cc2ccccc2nc1-3.[Ir]. The smallest absolute Gasteiger partial charge is 0 e. The van der Waals surface area contributed by atoms with Crippen LogP contribution in [0.1, 0.15) is 13.8 Å². The van der Waals surface area contributed by atoms with Gasteiger partial charge in [0.15, 0.2) is 5.78 Å². The predicted molar refractivity (Wildman–Crippen MR) is 140 cm³/mol. The van der Waals surface area contributed by atoms with Crippen LogP contribution in [0.2, 0.25) is 13.1 Å². The van der Waals surface area contributed by atoms with Crippen LogP contribution in [0.4, 0.5) is 0 Å². The monoisotopic (exact) mass is 707 g/mol. The Morgan fingerprint density at radius 3 is 2.44 bits per heavy atom. The molecule has 0 fully saturated rings. The number of carbonyl (C=O) groups is 1. The number of nitrogens with zero attached hydrogens (tertiary/aromatic N) is 1. The molecule has 0 aliphatic carbocycles. The third-order valence-corrected chi connectivity index (χ3v) is 12.0. The molecule has 0 spiro atoms. The number of aliphatic hydroxyl groups excluding tert-OH is 1. The maximum absolute atomic E-state index is 10.0. The molecule has 3 nitrogen and oxygen atoms in total. The number of hydrogen-bond acceptors (Lipinski definition) is 3. The summed E-state index contributed by atoms with van der Waals surface area (Å²) in [5, 5.41) is 12.7. The van der Waals surface area contributed by atoms with Gasteiger partial charge in [0.05, 0.1) is 5.76 Å². The Bertz CT molecular complexity index is 1480. The number of benzene rings is 3. The van der Waals surface area contributed by atoms with Crippen molar-refractivity contribution >= 4 is 59.0 Å². The van der Waals surface area contributed by atoms with E-state index in [-0.39, 0.29) is 46.6 Å². The Morgan fingerprint density at radius 1 is 1.00 bits per heavy atom. The minimum Gasteiger partial charge on any atom is 0 e. The summed E-state index contributed by atoms with van der Waals surface area (Å²) in [6.07, 6.45) is 1.17. The number of allylic oxidation sites excluding steroid dienone is 2. The number of aliphatic hydroxyl groups is 1. The zero-order valence-electron chi connectivity index (χ0n) is 19.4. The molecule has 0 saturated heterocycles. The number of hydrogen-bond donors (Lipinski definition) is 1. The van der Waals surface area contributed by atoms with E-state index < -0.39 is 8.07 Å². The van der Waals surface area contributed by atoms with E-state index in [0.29, 0.717) is 0 Å². The molecule has 3 heterocycles. The normalized spacial score (nSPS) is 14.2. The van der Waals surface area contributed by atoms with Gasteiger partial charge in [-0.2, -0.15) is 0 Å². The number of rotatable bonds is 1. The molecule has 173 valence electrons. The molecule has 0 saturated carbocycles. The Labute approximate surface area is 220 Å². The largest absolute Gasteiger partial charge is 0 e. The second-order valence-electron chi connectivity index (χ2n) is 8.97. The molecule has 1 N–H and O–H groups in total. The van der Waals surface area contributed by atoms with Crippen molar-refractivity contribution in [2.24, 2.45) is 0 Å². The van der Waals surface area contributed by atoms with Crippen molar-refractivity contribution in [1.82, 2.24) is 4.98 Å². The summed E-state index contributed by atoms with van der Waals surface area (Å²) >= 11 is 0.261. The summed E-state index contributed by atoms with van der Waals surface area (Å²) in [4.78, 5) is 15.1. The topological polar surface area (TPSA) is 50.2 Å². The van der Waals surface area contributed by atoms with E-state index >= 15 is 0 Å². The van der Waals surface area contributed by atoms with Crippen molar-refractivity contribution in [2.75, 3.05) is 0 Å². The van der Waals surface area contributed by atoms with Crippen LogP contribution in [0, 0.1) is 6.07 Å². The van der Waals surface area contributed by atoms with Gasteiger partial charge in [0.25, 0.3) is 0 Å². The summed E-state index contributed by atoms with van der Waals surface area (Å²) in [6, 6.07) is 25.8. The zero-order valence-corrected chi connectivity index (χ0v) is 24.5. The van der Waals surface area contributed by atoms with Gasteiger partial charge in [0, 0.05) is 26.2 Å². The van der Waals surface area contributed by atoms with Gasteiger partial charge >= 0.3 is 160 Å². The van der Waals surface area contributed by atoms with E-state index in [9.17, 15) is 4.79 Å². The fraction of sp³-hybridized carbons (Fsp3) is 0.143. The molecule has 0 atom stereocenters. The molecule has 1 radical (unpaired) electrons. The van der Waals surface area contributed by atoms with E-state index in [1.807, 2.05) is 0 Å². The summed E-state index contributed by atoms with van der Waals surface area (Å²) < 4.78 is 2.88. The van der Waals surface area contributed by atoms with Crippen LogP contribution >= 0.6 is 0 Å². The van der Waals surface area contributed by atoms with Gasteiger partial charge in [-0.1, -0.05) is 0 Å². The molecule has 0 bridgehead atoms. The first-order chi connectivity index (χ1) is 15.8. The fourth-order valence-corrected chi connectivity index (χ4v) is 10.4. The standard InChI is InChI=1S/C23H16NSeSi.C5H8O2.Ir/c1-26(2)19-11-5-8-15-21(19)22-17(10-6-12-20(22)26)25-18-13-14-7-3-4-9-16(14)24-23(15)18;1-4(6)3-5(2)7;/h3-7,9-13H,1-2H3;3,6H,1-2H3;/q-1;;/b;4-3-;. The first-order valence-electron chi connectivity index (χ1n) is 10.9. The van der Waals surface area contributed by atoms with E-state index in [1.165, 1.54) is 50.9 Å². The van der Waals surface area contributed by atoms with Gasteiger partial charge in [-0.05, 0) is 13.8 Å². The summed E-state index contributed by atoms with van der Waals surface area (Å²) in [5.74, 6) is -0.0625. The third kappa shape index (κ3) is 4.15. The van der Waals surface area contributed by atoms with Gasteiger partial charge in [0.1, 0.15) is 0 Å². The minimum atomic E-state index is -1.64. The van der Waals surface area contributed by atoms with Crippen molar-refractivity contribution < 1.29 is 30.0 Å². The maximum atomic E-state index is 10.0. The van der Waals surface area contributed by atoms with Crippen LogP contribution in [0.5, 0.6) is 0 Å². The average molecular weight is 706 g/mol. The molecule has 4 aromatic rings. The van der Waals surface area contributed by atoms with Crippen LogP contribution in [-0.4, -0.2) is 38.9 Å². The molecular formula is C28H24IrNO2SeSi-. The van der Waals surface area contributed by atoms with E-state index in [0.717, 1.165) is 11.2 Å². The number of pyridine rings is 1. The second-order valence-corrected chi connectivity index (χ2v) is 15.6. The number of para-hydroxylation sites is 1. The summed E-state index contributed by atoms with van der Waals surface area (Å²) in [5.41, 5.74) is 6.38. The van der Waals surface area contributed by atoms with E-state index in [4.69, 9.17) is 10.1 Å². The van der Waals surface area contributed by atoms with Crippen LogP contribution < -0.4 is 19.3 Å². The maximum Gasteiger partial charge on any atom is 0 e. The molecule has 6 rings (SSSR count). The van der Waals surface area contributed by atoms with Crippen molar-refractivity contribution in [3.63, 3.8) is 0 Å². The van der Waals surface area contributed by atoms with Gasteiger partial charge in [-0.25, -0.2) is 0 Å². The quantitative estimate of drug-likeness (QED) is 0.126. The molecular weight excluding hydrogens is 682 g/mol. The second kappa shape index (κ2) is 9.37. The van der Waals surface area contributed by atoms with Crippen LogP contribution in [0.3, 0.4) is 0 Å². The molecule has 2 aliphatic heterocycles. The molecule has 0 amide bonds. The average Bonchev–Trinajstić information content (AvgIpc) is 2.92. The Hall–Kier alpha value is -2.33. The Morgan fingerprint density at radius 2 is 1.74 bits per heavy atom. The van der Waals surface area contributed by atoms with Gasteiger partial charge in [0.2, 0.25) is 0 Å². The zero-order chi connectivity index (χ0) is 23.3. The number of aromatic nitrogens is 1. The number of fused-ring (bicyclic) bond motifs is 3. The first kappa shape index (κ1) is 24.8. The van der Waals surface area contributed by atoms with Gasteiger partial charge < -0.3 is 5.11 Å². The Kier molecular flexibility index (Phi) is 6.83. The van der Waals surface area contributed by atoms with Gasteiger partial charge in [-0.3, -0.25) is 4.79 Å². The first-order valence-corrected chi connectivity index (χ1v) is 15.6. The fourth-order valence-electron chi connectivity index (χ4n) is 4.77. The predicted octanol–water partition coefficient (Wildman–Crippen LogP) is 3.51. The van der Waals surface area contributed by atoms with Crippen molar-refractivity contribution in [2.45, 2.75) is 26.9 Å². The number of ketones is 1. The van der Waals surface area contributed by atoms with E-state index in [2.05, 4.69) is 79.8 Å². The molecule has 1 aromatic heterocycles. The van der Waals surface area contributed by atoms with Gasteiger partial charge in [-0.15, -0.1) is 0 Å². The summed E-state index contributed by atoms with van der Waals surface area (Å²) in [7, 11) is -1.64. The van der Waals surface area contributed by atoms with Crippen LogP contribution in [0.15, 0.2) is 72.5 Å². The van der Waals surface area contributed by atoms with E-state index in [1.54, 1.807) is 10.4 Å². The molecule has 2 aliphatic rings. The molecule has 6 heteroatoms. The summed E-state index contributed by atoms with van der Waals surface area (Å²) in [6.45, 7) is 7.81. The third-order valence-electron chi connectivity index (χ3n) is 6.18. The van der Waals surface area contributed by atoms with Crippen molar-refractivity contribution in [3.05, 3.63) is 78.6 Å². The minimum absolute atomic E-state index is 0. The molecule has 3 aromatic carbocycles. The molecule has 34 heavy (non-hydrogen) atoms. The van der Waals surface area contributed by atoms with Crippen LogP contribution in [0.25, 0.3) is 33.3 Å².